The molecule has 1 aromatic carbocycles. The number of benzene rings is 1. The molecule has 1 aromatic heterocycles. The van der Waals surface area contributed by atoms with Gasteiger partial charge in [0.25, 0.3) is 5.91 Å². The highest BCUT2D eigenvalue weighted by Crippen LogP contribution is 2.25. The Bertz CT molecular complexity index is 866. The lowest BCUT2D eigenvalue weighted by atomic mass is 9.94. The standard InChI is InChI=1S/C24H33N3O3/c1-5-17(3)22-16-21(24(29)30-6-2)25-27(22)20-14-12-18(13-15-20)23(28)26(4)19-10-8-7-9-11-19/h12-17,19H,5-11H2,1-4H3/t17-/m0/s1. The molecule has 0 saturated heterocycles. The monoisotopic (exact) mass is 411 g/mol. The lowest BCUT2D eigenvalue weighted by Crippen LogP contribution is -2.38. The highest BCUT2D eigenvalue weighted by molar-refractivity contribution is 5.94. The summed E-state index contributed by atoms with van der Waals surface area (Å²) in [6, 6.07) is 9.64. The molecule has 162 valence electrons. The van der Waals surface area contributed by atoms with Crippen LogP contribution in [0.1, 0.15) is 91.8 Å². The van der Waals surface area contributed by atoms with E-state index in [-0.39, 0.29) is 11.8 Å². The van der Waals surface area contributed by atoms with Crippen LogP contribution < -0.4 is 0 Å². The van der Waals surface area contributed by atoms with E-state index in [1.807, 2.05) is 42.3 Å². The van der Waals surface area contributed by atoms with Crippen LogP contribution in [-0.2, 0) is 4.74 Å². The Morgan fingerprint density at radius 1 is 1.17 bits per heavy atom. The first kappa shape index (κ1) is 22.1. The Labute approximate surface area is 179 Å². The van der Waals surface area contributed by atoms with Crippen molar-refractivity contribution in [3.63, 3.8) is 0 Å². The fourth-order valence-corrected chi connectivity index (χ4v) is 4.05. The van der Waals surface area contributed by atoms with Gasteiger partial charge in [0.15, 0.2) is 5.69 Å². The fraction of sp³-hybridized carbons (Fsp3) is 0.542. The molecule has 6 heteroatoms. The summed E-state index contributed by atoms with van der Waals surface area (Å²) in [6.07, 6.45) is 6.76. The van der Waals surface area contributed by atoms with E-state index < -0.39 is 5.97 Å². The summed E-state index contributed by atoms with van der Waals surface area (Å²) < 4.78 is 6.91. The molecule has 6 nitrogen and oxygen atoms in total. The summed E-state index contributed by atoms with van der Waals surface area (Å²) in [6.45, 7) is 6.31. The number of amides is 1. The number of nitrogens with zero attached hydrogens (tertiary/aromatic N) is 3. The lowest BCUT2D eigenvalue weighted by molar-refractivity contribution is 0.0518. The highest BCUT2D eigenvalue weighted by Gasteiger charge is 2.23. The number of aromatic nitrogens is 2. The molecule has 0 aliphatic heterocycles. The van der Waals surface area contributed by atoms with E-state index in [2.05, 4.69) is 18.9 Å². The van der Waals surface area contributed by atoms with Crippen LogP contribution in [0.5, 0.6) is 0 Å². The Morgan fingerprint density at radius 2 is 1.83 bits per heavy atom. The van der Waals surface area contributed by atoms with Crippen molar-refractivity contribution in [2.45, 2.75) is 71.3 Å². The van der Waals surface area contributed by atoms with Gasteiger partial charge in [0.05, 0.1) is 12.3 Å². The maximum atomic E-state index is 12.9. The highest BCUT2D eigenvalue weighted by atomic mass is 16.5. The average molecular weight is 412 g/mol. The van der Waals surface area contributed by atoms with Crippen molar-refractivity contribution in [1.29, 1.82) is 0 Å². The summed E-state index contributed by atoms with van der Waals surface area (Å²) in [5.41, 5.74) is 2.77. The first-order chi connectivity index (χ1) is 14.5. The number of esters is 1. The molecule has 1 aliphatic rings. The van der Waals surface area contributed by atoms with E-state index in [1.165, 1.54) is 19.3 Å². The van der Waals surface area contributed by atoms with Gasteiger partial charge in [0, 0.05) is 24.3 Å². The number of carbonyl (C=O) groups excluding carboxylic acids is 2. The Balaban J connectivity index is 1.84. The molecular weight excluding hydrogens is 378 g/mol. The molecule has 1 amide bonds. The van der Waals surface area contributed by atoms with Gasteiger partial charge >= 0.3 is 5.97 Å². The van der Waals surface area contributed by atoms with Crippen molar-refractivity contribution in [2.24, 2.45) is 0 Å². The van der Waals surface area contributed by atoms with Crippen LogP contribution in [-0.4, -0.2) is 46.3 Å². The van der Waals surface area contributed by atoms with Crippen LogP contribution in [0.4, 0.5) is 0 Å². The summed E-state index contributed by atoms with van der Waals surface area (Å²) in [4.78, 5) is 27.0. The van der Waals surface area contributed by atoms with E-state index in [0.717, 1.165) is 30.6 Å². The number of carbonyl (C=O) groups is 2. The molecule has 2 aromatic rings. The van der Waals surface area contributed by atoms with Crippen LogP contribution in [0.25, 0.3) is 5.69 Å². The molecule has 0 N–H and O–H groups in total. The van der Waals surface area contributed by atoms with E-state index in [4.69, 9.17) is 4.74 Å². The molecule has 0 radical (unpaired) electrons. The Kier molecular flexibility index (Phi) is 7.29. The molecule has 1 aliphatic carbocycles. The normalized spacial score (nSPS) is 15.6. The molecule has 1 fully saturated rings. The van der Waals surface area contributed by atoms with Gasteiger partial charge in [-0.05, 0) is 62.4 Å². The van der Waals surface area contributed by atoms with E-state index in [0.29, 0.717) is 23.9 Å². The largest absolute Gasteiger partial charge is 0.461 e. The second kappa shape index (κ2) is 9.92. The molecule has 1 saturated carbocycles. The third-order valence-electron chi connectivity index (χ3n) is 6.14. The third-order valence-corrected chi connectivity index (χ3v) is 6.14. The minimum Gasteiger partial charge on any atom is -0.461 e. The average Bonchev–Trinajstić information content (AvgIpc) is 3.24. The molecule has 0 bridgehead atoms. The second-order valence-corrected chi connectivity index (χ2v) is 8.15. The van der Waals surface area contributed by atoms with Crippen molar-refractivity contribution in [2.75, 3.05) is 13.7 Å². The lowest BCUT2D eigenvalue weighted by Gasteiger charge is -2.31. The maximum Gasteiger partial charge on any atom is 0.358 e. The number of ether oxygens (including phenoxy) is 1. The number of rotatable bonds is 7. The van der Waals surface area contributed by atoms with Crippen LogP contribution >= 0.6 is 0 Å². The van der Waals surface area contributed by atoms with Crippen molar-refractivity contribution >= 4 is 11.9 Å². The van der Waals surface area contributed by atoms with Gasteiger partial charge in [-0.2, -0.15) is 5.10 Å². The topological polar surface area (TPSA) is 64.4 Å². The SMILES string of the molecule is CCOC(=O)c1cc([C@@H](C)CC)n(-c2ccc(C(=O)N(C)C3CCCCC3)cc2)n1. The Hall–Kier alpha value is -2.63. The molecule has 30 heavy (non-hydrogen) atoms. The van der Waals surface area contributed by atoms with Gasteiger partial charge in [-0.3, -0.25) is 4.79 Å². The molecule has 0 unspecified atom stereocenters. The van der Waals surface area contributed by atoms with Crippen molar-refractivity contribution < 1.29 is 14.3 Å². The number of hydrogen-bond acceptors (Lipinski definition) is 4. The fourth-order valence-electron chi connectivity index (χ4n) is 4.05. The summed E-state index contributed by atoms with van der Waals surface area (Å²) in [7, 11) is 1.91. The first-order valence-corrected chi connectivity index (χ1v) is 11.1. The van der Waals surface area contributed by atoms with Gasteiger partial charge < -0.3 is 9.64 Å². The molecule has 0 spiro atoms. The zero-order valence-electron chi connectivity index (χ0n) is 18.6. The van der Waals surface area contributed by atoms with E-state index in [9.17, 15) is 9.59 Å². The van der Waals surface area contributed by atoms with Crippen LogP contribution in [0, 0.1) is 0 Å². The molecule has 1 atom stereocenters. The van der Waals surface area contributed by atoms with Gasteiger partial charge in [-0.15, -0.1) is 0 Å². The van der Waals surface area contributed by atoms with E-state index in [1.54, 1.807) is 11.6 Å². The van der Waals surface area contributed by atoms with Crippen LogP contribution in [0.15, 0.2) is 30.3 Å². The number of hydrogen-bond donors (Lipinski definition) is 0. The zero-order valence-corrected chi connectivity index (χ0v) is 18.6. The van der Waals surface area contributed by atoms with Crippen molar-refractivity contribution in [1.82, 2.24) is 14.7 Å². The van der Waals surface area contributed by atoms with Crippen molar-refractivity contribution in [3.8, 4) is 5.69 Å². The van der Waals surface area contributed by atoms with Gasteiger partial charge in [0.2, 0.25) is 0 Å². The quantitative estimate of drug-likeness (QED) is 0.604. The summed E-state index contributed by atoms with van der Waals surface area (Å²) in [5, 5.41) is 4.50. The molecular formula is C24H33N3O3. The summed E-state index contributed by atoms with van der Waals surface area (Å²) in [5.74, 6) is -0.121. The van der Waals surface area contributed by atoms with Crippen LogP contribution in [0.3, 0.4) is 0 Å². The Morgan fingerprint density at radius 3 is 2.43 bits per heavy atom. The molecule has 3 rings (SSSR count). The zero-order chi connectivity index (χ0) is 21.7. The maximum absolute atomic E-state index is 12.9. The second-order valence-electron chi connectivity index (χ2n) is 8.15. The van der Waals surface area contributed by atoms with Gasteiger partial charge in [0.1, 0.15) is 0 Å². The van der Waals surface area contributed by atoms with Crippen molar-refractivity contribution in [3.05, 3.63) is 47.3 Å². The predicted molar refractivity (Wildman–Crippen MR) is 117 cm³/mol. The third kappa shape index (κ3) is 4.74. The summed E-state index contributed by atoms with van der Waals surface area (Å²) >= 11 is 0. The smallest absolute Gasteiger partial charge is 0.358 e. The minimum absolute atomic E-state index is 0.0586. The molecule has 1 heterocycles. The van der Waals surface area contributed by atoms with E-state index >= 15 is 0 Å². The minimum atomic E-state index is -0.415. The first-order valence-electron chi connectivity index (χ1n) is 11.1. The predicted octanol–water partition coefficient (Wildman–Crippen LogP) is 4.97. The van der Waals surface area contributed by atoms with Gasteiger partial charge in [-0.25, -0.2) is 9.48 Å². The van der Waals surface area contributed by atoms with Crippen LogP contribution in [0.2, 0.25) is 0 Å². The van der Waals surface area contributed by atoms with Gasteiger partial charge in [-0.1, -0.05) is 33.1 Å².